The Morgan fingerprint density at radius 3 is 2.41 bits per heavy atom. The van der Waals surface area contributed by atoms with Gasteiger partial charge in [-0.1, -0.05) is 6.42 Å². The first-order valence-electron chi connectivity index (χ1n) is 7.28. The van der Waals surface area contributed by atoms with Gasteiger partial charge in [0.2, 0.25) is 5.91 Å². The quantitative estimate of drug-likeness (QED) is 0.795. The molecule has 0 atom stereocenters. The first-order valence-corrected chi connectivity index (χ1v) is 7.28. The SMILES string of the molecule is CCN(CC1CCC1)C(=O)CC1CCNCC1. The molecule has 98 valence electrons. The highest BCUT2D eigenvalue weighted by Gasteiger charge is 2.24. The zero-order valence-corrected chi connectivity index (χ0v) is 11.1. The van der Waals surface area contributed by atoms with Gasteiger partial charge in [0.15, 0.2) is 0 Å². The highest BCUT2D eigenvalue weighted by Crippen LogP contribution is 2.27. The zero-order valence-electron chi connectivity index (χ0n) is 11.1. The molecule has 0 unspecified atom stereocenters. The van der Waals surface area contributed by atoms with Crippen LogP contribution in [-0.4, -0.2) is 37.0 Å². The van der Waals surface area contributed by atoms with Crippen molar-refractivity contribution in [2.45, 2.75) is 45.4 Å². The summed E-state index contributed by atoms with van der Waals surface area (Å²) in [6.45, 7) is 6.19. The van der Waals surface area contributed by atoms with Crippen LogP contribution in [0, 0.1) is 11.8 Å². The number of amides is 1. The molecule has 3 heteroatoms. The molecule has 1 aliphatic carbocycles. The Morgan fingerprint density at radius 1 is 1.18 bits per heavy atom. The third kappa shape index (κ3) is 3.70. The van der Waals surface area contributed by atoms with E-state index in [1.807, 2.05) is 0 Å². The van der Waals surface area contributed by atoms with Gasteiger partial charge < -0.3 is 10.2 Å². The summed E-state index contributed by atoms with van der Waals surface area (Å²) in [5.41, 5.74) is 0. The lowest BCUT2D eigenvalue weighted by atomic mass is 9.85. The molecule has 2 aliphatic rings. The molecule has 0 radical (unpaired) electrons. The Labute approximate surface area is 105 Å². The normalized spacial score (nSPS) is 22.2. The third-order valence-electron chi connectivity index (χ3n) is 4.36. The van der Waals surface area contributed by atoms with Crippen LogP contribution < -0.4 is 5.32 Å². The molecule has 2 rings (SSSR count). The number of nitrogens with one attached hydrogen (secondary N) is 1. The molecule has 0 aromatic rings. The van der Waals surface area contributed by atoms with Gasteiger partial charge in [0.25, 0.3) is 0 Å². The number of hydrogen-bond donors (Lipinski definition) is 1. The van der Waals surface area contributed by atoms with E-state index in [1.165, 1.54) is 32.1 Å². The third-order valence-corrected chi connectivity index (χ3v) is 4.36. The molecule has 0 spiro atoms. The molecule has 1 aliphatic heterocycles. The van der Waals surface area contributed by atoms with Crippen LogP contribution in [0.5, 0.6) is 0 Å². The zero-order chi connectivity index (χ0) is 12.1. The van der Waals surface area contributed by atoms with Crippen LogP contribution in [-0.2, 0) is 4.79 Å². The standard InChI is InChI=1S/C14H26N2O/c1-2-16(11-13-4-3-5-13)14(17)10-12-6-8-15-9-7-12/h12-13,15H,2-11H2,1H3. The predicted molar refractivity (Wildman–Crippen MR) is 69.8 cm³/mol. The second-order valence-corrected chi connectivity index (χ2v) is 5.63. The van der Waals surface area contributed by atoms with Crippen molar-refractivity contribution in [3.63, 3.8) is 0 Å². The van der Waals surface area contributed by atoms with Crippen LogP contribution in [0.1, 0.15) is 45.4 Å². The topological polar surface area (TPSA) is 32.3 Å². The summed E-state index contributed by atoms with van der Waals surface area (Å²) < 4.78 is 0. The average molecular weight is 238 g/mol. The van der Waals surface area contributed by atoms with Crippen molar-refractivity contribution < 1.29 is 4.79 Å². The van der Waals surface area contributed by atoms with Gasteiger partial charge in [-0.05, 0) is 57.5 Å². The van der Waals surface area contributed by atoms with Crippen LogP contribution in [0.3, 0.4) is 0 Å². The van der Waals surface area contributed by atoms with E-state index in [0.29, 0.717) is 11.8 Å². The molecule has 3 nitrogen and oxygen atoms in total. The fourth-order valence-corrected chi connectivity index (χ4v) is 2.86. The summed E-state index contributed by atoms with van der Waals surface area (Å²) in [6, 6.07) is 0. The summed E-state index contributed by atoms with van der Waals surface area (Å²) in [6.07, 6.45) is 7.15. The summed E-state index contributed by atoms with van der Waals surface area (Å²) in [5, 5.41) is 3.36. The van der Waals surface area contributed by atoms with E-state index in [4.69, 9.17) is 0 Å². The Morgan fingerprint density at radius 2 is 1.88 bits per heavy atom. The van der Waals surface area contributed by atoms with Crippen molar-refractivity contribution >= 4 is 5.91 Å². The molecule has 2 fully saturated rings. The average Bonchev–Trinajstić information content (AvgIpc) is 2.29. The second kappa shape index (κ2) is 6.39. The predicted octanol–water partition coefficient (Wildman–Crippen LogP) is 2.02. The van der Waals surface area contributed by atoms with Crippen LogP contribution in [0.4, 0.5) is 0 Å². The van der Waals surface area contributed by atoms with Gasteiger partial charge in [-0.3, -0.25) is 4.79 Å². The molecule has 1 amide bonds. The molecule has 1 saturated carbocycles. The van der Waals surface area contributed by atoms with Gasteiger partial charge >= 0.3 is 0 Å². The fraction of sp³-hybridized carbons (Fsp3) is 0.929. The lowest BCUT2D eigenvalue weighted by Gasteiger charge is -2.33. The van der Waals surface area contributed by atoms with E-state index in [-0.39, 0.29) is 0 Å². The highest BCUT2D eigenvalue weighted by molar-refractivity contribution is 5.76. The smallest absolute Gasteiger partial charge is 0.222 e. The van der Waals surface area contributed by atoms with E-state index in [1.54, 1.807) is 0 Å². The van der Waals surface area contributed by atoms with E-state index < -0.39 is 0 Å². The van der Waals surface area contributed by atoms with Crippen molar-refractivity contribution in [2.75, 3.05) is 26.2 Å². The van der Waals surface area contributed by atoms with E-state index in [0.717, 1.165) is 38.5 Å². The number of piperidine rings is 1. The minimum atomic E-state index is 0.395. The van der Waals surface area contributed by atoms with Crippen LogP contribution in [0.25, 0.3) is 0 Å². The van der Waals surface area contributed by atoms with E-state index in [9.17, 15) is 4.79 Å². The van der Waals surface area contributed by atoms with Gasteiger partial charge in [0.1, 0.15) is 0 Å². The minimum Gasteiger partial charge on any atom is -0.343 e. The largest absolute Gasteiger partial charge is 0.343 e. The summed E-state index contributed by atoms with van der Waals surface area (Å²) in [7, 11) is 0. The molecule has 1 saturated heterocycles. The van der Waals surface area contributed by atoms with Crippen molar-refractivity contribution in [3.05, 3.63) is 0 Å². The second-order valence-electron chi connectivity index (χ2n) is 5.63. The maximum atomic E-state index is 12.2. The Kier molecular flexibility index (Phi) is 4.84. The Bertz CT molecular complexity index is 245. The van der Waals surface area contributed by atoms with Crippen LogP contribution in [0.15, 0.2) is 0 Å². The fourth-order valence-electron chi connectivity index (χ4n) is 2.86. The Balaban J connectivity index is 1.74. The van der Waals surface area contributed by atoms with E-state index >= 15 is 0 Å². The lowest BCUT2D eigenvalue weighted by Crippen LogP contribution is -2.39. The summed E-state index contributed by atoms with van der Waals surface area (Å²) >= 11 is 0. The van der Waals surface area contributed by atoms with E-state index in [2.05, 4.69) is 17.1 Å². The number of nitrogens with zero attached hydrogens (tertiary/aromatic N) is 1. The van der Waals surface area contributed by atoms with Gasteiger partial charge in [-0.15, -0.1) is 0 Å². The summed E-state index contributed by atoms with van der Waals surface area (Å²) in [4.78, 5) is 14.3. The molecule has 0 aromatic carbocycles. The van der Waals surface area contributed by atoms with Crippen molar-refractivity contribution in [3.8, 4) is 0 Å². The lowest BCUT2D eigenvalue weighted by molar-refractivity contribution is -0.133. The number of rotatable bonds is 5. The molecule has 1 heterocycles. The maximum absolute atomic E-state index is 12.2. The first kappa shape index (κ1) is 12.9. The number of hydrogen-bond acceptors (Lipinski definition) is 2. The highest BCUT2D eigenvalue weighted by atomic mass is 16.2. The Hall–Kier alpha value is -0.570. The molecule has 0 aromatic heterocycles. The van der Waals surface area contributed by atoms with Crippen LogP contribution >= 0.6 is 0 Å². The van der Waals surface area contributed by atoms with Gasteiger partial charge in [-0.25, -0.2) is 0 Å². The molecule has 1 N–H and O–H groups in total. The number of carbonyl (C=O) groups excluding carboxylic acids is 1. The van der Waals surface area contributed by atoms with Gasteiger partial charge in [0.05, 0.1) is 0 Å². The molecular weight excluding hydrogens is 212 g/mol. The van der Waals surface area contributed by atoms with Crippen molar-refractivity contribution in [2.24, 2.45) is 11.8 Å². The maximum Gasteiger partial charge on any atom is 0.222 e. The number of carbonyl (C=O) groups is 1. The van der Waals surface area contributed by atoms with Crippen molar-refractivity contribution in [1.82, 2.24) is 10.2 Å². The van der Waals surface area contributed by atoms with Crippen LogP contribution in [0.2, 0.25) is 0 Å². The minimum absolute atomic E-state index is 0.395. The van der Waals surface area contributed by atoms with Gasteiger partial charge in [-0.2, -0.15) is 0 Å². The summed E-state index contributed by atoms with van der Waals surface area (Å²) in [5.74, 6) is 1.82. The molecular formula is C14H26N2O. The molecule has 0 bridgehead atoms. The molecule has 17 heavy (non-hydrogen) atoms. The van der Waals surface area contributed by atoms with Gasteiger partial charge in [0, 0.05) is 19.5 Å². The van der Waals surface area contributed by atoms with Crippen molar-refractivity contribution in [1.29, 1.82) is 0 Å². The monoisotopic (exact) mass is 238 g/mol. The first-order chi connectivity index (χ1) is 8.29.